The van der Waals surface area contributed by atoms with E-state index in [0.717, 1.165) is 30.4 Å². The Morgan fingerprint density at radius 3 is 2.74 bits per heavy atom. The highest BCUT2D eigenvalue weighted by Crippen LogP contribution is 2.35. The highest BCUT2D eigenvalue weighted by atomic mass is 35.5. The van der Waals surface area contributed by atoms with Crippen molar-refractivity contribution in [2.75, 3.05) is 11.3 Å². The van der Waals surface area contributed by atoms with Crippen LogP contribution in [0.25, 0.3) is 5.57 Å². The molecule has 0 radical (unpaired) electrons. The average molecular weight is 479 g/mol. The maximum atomic E-state index is 13.3. The Bertz CT molecular complexity index is 1180. The number of ether oxygens (including phenoxy) is 1. The molecule has 1 aliphatic rings. The lowest BCUT2D eigenvalue weighted by Crippen LogP contribution is -2.17. The van der Waals surface area contributed by atoms with Crippen LogP contribution in [0.2, 0.25) is 5.02 Å². The second kappa shape index (κ2) is 9.38. The van der Waals surface area contributed by atoms with Gasteiger partial charge in [-0.15, -0.1) is 11.3 Å². The molecule has 0 aliphatic heterocycles. The Labute approximate surface area is 189 Å². The largest absolute Gasteiger partial charge is 0.491 e. The molecular weight excluding hydrogens is 459 g/mol. The zero-order valence-electron chi connectivity index (χ0n) is 16.4. The Kier molecular flexibility index (Phi) is 6.60. The fourth-order valence-electron chi connectivity index (χ4n) is 3.53. The molecule has 1 aliphatic carbocycles. The Balaban J connectivity index is 1.46. The minimum absolute atomic E-state index is 0.0300. The first-order valence-electron chi connectivity index (χ1n) is 9.72. The van der Waals surface area contributed by atoms with Crippen LogP contribution in [0.1, 0.15) is 24.8 Å². The molecule has 1 unspecified atom stereocenters. The number of anilines is 1. The van der Waals surface area contributed by atoms with Crippen molar-refractivity contribution >= 4 is 44.4 Å². The van der Waals surface area contributed by atoms with Gasteiger partial charge in [-0.1, -0.05) is 29.8 Å². The molecule has 0 amide bonds. The van der Waals surface area contributed by atoms with Crippen LogP contribution in [-0.4, -0.2) is 20.0 Å². The number of nitrogens with one attached hydrogen (secondary N) is 1. The van der Waals surface area contributed by atoms with Crippen LogP contribution in [0.3, 0.4) is 0 Å². The summed E-state index contributed by atoms with van der Waals surface area (Å²) in [7, 11) is -3.79. The normalized spacial score (nSPS) is 16.6. The predicted octanol–water partition coefficient (Wildman–Crippen LogP) is 6.00. The number of thiazole rings is 1. The van der Waals surface area contributed by atoms with Crippen LogP contribution >= 0.6 is 22.9 Å². The molecule has 1 heterocycles. The van der Waals surface area contributed by atoms with Crippen LogP contribution in [0.5, 0.6) is 5.75 Å². The van der Waals surface area contributed by atoms with E-state index < -0.39 is 10.0 Å². The summed E-state index contributed by atoms with van der Waals surface area (Å²) in [6.45, 7) is 0.395. The second-order valence-electron chi connectivity index (χ2n) is 7.18. The third-order valence-corrected chi connectivity index (χ3v) is 7.30. The van der Waals surface area contributed by atoms with Gasteiger partial charge in [-0.05, 0) is 60.7 Å². The standard InChI is InChI=1S/C22H20ClFN2O3S2/c23-20-11-18(31(27,28)26-22-13-30-14-25-22)9-10-21(20)29-12-16-3-1-2-4-19(16)15-5-7-17(24)8-6-15/h4-11,13-14,16,26H,1-3,12H2. The third kappa shape index (κ3) is 5.26. The van der Waals surface area contributed by atoms with Crippen molar-refractivity contribution in [1.29, 1.82) is 0 Å². The minimum Gasteiger partial charge on any atom is -0.491 e. The summed E-state index contributed by atoms with van der Waals surface area (Å²) in [5.74, 6) is 0.557. The summed E-state index contributed by atoms with van der Waals surface area (Å²) >= 11 is 7.61. The summed E-state index contributed by atoms with van der Waals surface area (Å²) in [6.07, 6.45) is 5.14. The van der Waals surface area contributed by atoms with Gasteiger partial charge in [0.2, 0.25) is 0 Å². The van der Waals surface area contributed by atoms with Crippen molar-refractivity contribution in [3.63, 3.8) is 0 Å². The smallest absolute Gasteiger partial charge is 0.263 e. The number of aromatic nitrogens is 1. The van der Waals surface area contributed by atoms with Gasteiger partial charge in [0.25, 0.3) is 10.0 Å². The number of rotatable bonds is 7. The number of benzene rings is 2. The molecule has 31 heavy (non-hydrogen) atoms. The fraction of sp³-hybridized carbons (Fsp3) is 0.227. The van der Waals surface area contributed by atoms with E-state index in [4.69, 9.17) is 16.3 Å². The van der Waals surface area contributed by atoms with Crippen molar-refractivity contribution in [2.24, 2.45) is 5.92 Å². The molecule has 162 valence electrons. The van der Waals surface area contributed by atoms with Gasteiger partial charge >= 0.3 is 0 Å². The molecule has 3 aromatic rings. The van der Waals surface area contributed by atoms with Gasteiger partial charge in [0.15, 0.2) is 5.82 Å². The number of halogens is 2. The monoisotopic (exact) mass is 478 g/mol. The van der Waals surface area contributed by atoms with Gasteiger partial charge < -0.3 is 4.74 Å². The molecule has 4 rings (SSSR count). The molecule has 1 aromatic heterocycles. The van der Waals surface area contributed by atoms with Gasteiger partial charge in [-0.2, -0.15) is 0 Å². The predicted molar refractivity (Wildman–Crippen MR) is 122 cm³/mol. The molecule has 0 spiro atoms. The molecule has 0 saturated carbocycles. The van der Waals surface area contributed by atoms with Crippen LogP contribution < -0.4 is 9.46 Å². The number of hydrogen-bond donors (Lipinski definition) is 1. The van der Waals surface area contributed by atoms with Gasteiger partial charge in [0, 0.05) is 11.3 Å². The lowest BCUT2D eigenvalue weighted by atomic mass is 9.84. The molecule has 0 bridgehead atoms. The lowest BCUT2D eigenvalue weighted by molar-refractivity contribution is 0.268. The van der Waals surface area contributed by atoms with E-state index in [1.165, 1.54) is 35.6 Å². The first-order chi connectivity index (χ1) is 14.9. The van der Waals surface area contributed by atoms with Gasteiger partial charge in [0.1, 0.15) is 11.6 Å². The van der Waals surface area contributed by atoms with E-state index >= 15 is 0 Å². The van der Waals surface area contributed by atoms with E-state index in [1.54, 1.807) is 29.1 Å². The van der Waals surface area contributed by atoms with Crippen molar-refractivity contribution in [2.45, 2.75) is 24.2 Å². The topological polar surface area (TPSA) is 68.3 Å². The van der Waals surface area contributed by atoms with Crippen LogP contribution in [-0.2, 0) is 10.0 Å². The molecule has 2 aromatic carbocycles. The van der Waals surface area contributed by atoms with Crippen molar-refractivity contribution in [3.05, 3.63) is 75.8 Å². The highest BCUT2D eigenvalue weighted by Gasteiger charge is 2.22. The summed E-state index contributed by atoms with van der Waals surface area (Å²) < 4.78 is 46.7. The first kappa shape index (κ1) is 21.8. The quantitative estimate of drug-likeness (QED) is 0.452. The molecule has 1 N–H and O–H groups in total. The molecule has 5 nitrogen and oxygen atoms in total. The van der Waals surface area contributed by atoms with E-state index in [-0.39, 0.29) is 27.5 Å². The number of allylic oxidation sites excluding steroid dienone is 1. The maximum Gasteiger partial charge on any atom is 0.263 e. The Hall–Kier alpha value is -2.42. The molecule has 9 heteroatoms. The third-order valence-electron chi connectivity index (χ3n) is 5.06. The van der Waals surface area contributed by atoms with Gasteiger partial charge in [-0.3, -0.25) is 4.72 Å². The zero-order valence-corrected chi connectivity index (χ0v) is 18.8. The summed E-state index contributed by atoms with van der Waals surface area (Å²) in [5.41, 5.74) is 3.66. The zero-order chi connectivity index (χ0) is 21.8. The van der Waals surface area contributed by atoms with Crippen LogP contribution in [0, 0.1) is 11.7 Å². The van der Waals surface area contributed by atoms with E-state index in [0.29, 0.717) is 12.4 Å². The highest BCUT2D eigenvalue weighted by molar-refractivity contribution is 7.92. The number of sulfonamides is 1. The Morgan fingerprint density at radius 1 is 1.23 bits per heavy atom. The van der Waals surface area contributed by atoms with Gasteiger partial charge in [0.05, 0.1) is 22.0 Å². The molecule has 0 saturated heterocycles. The number of hydrogen-bond acceptors (Lipinski definition) is 5. The lowest BCUT2D eigenvalue weighted by Gasteiger charge is -2.25. The second-order valence-corrected chi connectivity index (χ2v) is 9.98. The fourth-order valence-corrected chi connectivity index (χ4v) is 5.41. The summed E-state index contributed by atoms with van der Waals surface area (Å²) in [5, 5.41) is 1.82. The molecular formula is C22H20ClFN2O3S2. The summed E-state index contributed by atoms with van der Waals surface area (Å²) in [6, 6.07) is 10.8. The van der Waals surface area contributed by atoms with Crippen LogP contribution in [0.15, 0.2) is 64.3 Å². The average Bonchev–Trinajstić information content (AvgIpc) is 3.26. The molecule has 0 fully saturated rings. The Morgan fingerprint density at radius 2 is 2.03 bits per heavy atom. The van der Waals surface area contributed by atoms with Crippen molar-refractivity contribution in [1.82, 2.24) is 4.98 Å². The number of nitrogens with zero attached hydrogens (tertiary/aromatic N) is 1. The van der Waals surface area contributed by atoms with E-state index in [2.05, 4.69) is 15.8 Å². The SMILES string of the molecule is O=S(=O)(Nc1cscn1)c1ccc(OCC2CCCC=C2c2ccc(F)cc2)c(Cl)c1. The first-order valence-corrected chi connectivity index (χ1v) is 12.5. The minimum atomic E-state index is -3.79. The van der Waals surface area contributed by atoms with Crippen LogP contribution in [0.4, 0.5) is 10.2 Å². The van der Waals surface area contributed by atoms with E-state index in [1.807, 2.05) is 0 Å². The summed E-state index contributed by atoms with van der Waals surface area (Å²) in [4.78, 5) is 3.96. The van der Waals surface area contributed by atoms with Crippen molar-refractivity contribution in [3.8, 4) is 5.75 Å². The van der Waals surface area contributed by atoms with E-state index in [9.17, 15) is 12.8 Å². The van der Waals surface area contributed by atoms with Crippen molar-refractivity contribution < 1.29 is 17.5 Å². The maximum absolute atomic E-state index is 13.3. The molecule has 1 atom stereocenters. The van der Waals surface area contributed by atoms with Gasteiger partial charge in [-0.25, -0.2) is 17.8 Å².